The number of hydrogen-bond donors (Lipinski definition) is 0. The number of benzene rings is 2. The van der Waals surface area contributed by atoms with Crippen molar-refractivity contribution in [2.45, 2.75) is 13.8 Å². The number of nitrogens with zero attached hydrogens (tertiary/aromatic N) is 2. The first kappa shape index (κ1) is 18.8. The summed E-state index contributed by atoms with van der Waals surface area (Å²) in [5.74, 6) is -0.476. The first-order valence-corrected chi connectivity index (χ1v) is 9.13. The highest BCUT2D eigenvalue weighted by atomic mass is 79.9. The molecule has 3 rings (SSSR count). The average Bonchev–Trinajstić information content (AvgIpc) is 2.92. The lowest BCUT2D eigenvalue weighted by Gasteiger charge is -2.12. The van der Waals surface area contributed by atoms with Crippen LogP contribution in [0.25, 0.3) is 16.9 Å². The topological polar surface area (TPSA) is 74.4 Å². The standard InChI is InChI=1S/C20H17BrN2O4/c1-3-27-20(24)17-13(2)22(14-9-5-4-6-10-14)19(18(17)21)15-11-7-8-12-16(15)23(25)26/h4-12H,3H2,1-2H3. The maximum atomic E-state index is 12.5. The molecule has 0 fully saturated rings. The summed E-state index contributed by atoms with van der Waals surface area (Å²) >= 11 is 3.50. The van der Waals surface area contributed by atoms with Gasteiger partial charge in [-0.05, 0) is 48.0 Å². The minimum absolute atomic E-state index is 0.0386. The Labute approximate surface area is 164 Å². The second-order valence-electron chi connectivity index (χ2n) is 5.79. The summed E-state index contributed by atoms with van der Waals surface area (Å²) in [4.78, 5) is 23.7. The van der Waals surface area contributed by atoms with Crippen LogP contribution in [0.1, 0.15) is 23.0 Å². The summed E-state index contributed by atoms with van der Waals surface area (Å²) in [5, 5.41) is 11.6. The second-order valence-corrected chi connectivity index (χ2v) is 6.58. The van der Waals surface area contributed by atoms with Crippen molar-refractivity contribution < 1.29 is 14.5 Å². The largest absolute Gasteiger partial charge is 0.462 e. The van der Waals surface area contributed by atoms with Crippen molar-refractivity contribution in [3.8, 4) is 16.9 Å². The minimum Gasteiger partial charge on any atom is -0.462 e. The van der Waals surface area contributed by atoms with Gasteiger partial charge in [-0.15, -0.1) is 0 Å². The van der Waals surface area contributed by atoms with Gasteiger partial charge in [-0.3, -0.25) is 10.1 Å². The molecule has 0 spiro atoms. The molecule has 0 N–H and O–H groups in total. The Hall–Kier alpha value is -2.93. The lowest BCUT2D eigenvalue weighted by molar-refractivity contribution is -0.384. The van der Waals surface area contributed by atoms with Gasteiger partial charge in [-0.1, -0.05) is 30.3 Å². The summed E-state index contributed by atoms with van der Waals surface area (Å²) in [7, 11) is 0. The molecule has 3 aromatic rings. The van der Waals surface area contributed by atoms with Crippen LogP contribution < -0.4 is 0 Å². The second kappa shape index (κ2) is 7.75. The molecule has 138 valence electrons. The predicted molar refractivity (Wildman–Crippen MR) is 106 cm³/mol. The number of esters is 1. The monoisotopic (exact) mass is 428 g/mol. The Kier molecular flexibility index (Phi) is 5.41. The number of carbonyl (C=O) groups is 1. The van der Waals surface area contributed by atoms with Gasteiger partial charge in [0.25, 0.3) is 5.69 Å². The lowest BCUT2D eigenvalue weighted by Crippen LogP contribution is -2.07. The fourth-order valence-corrected chi connectivity index (χ4v) is 3.91. The Morgan fingerprint density at radius 2 is 1.78 bits per heavy atom. The maximum Gasteiger partial charge on any atom is 0.341 e. The number of rotatable bonds is 5. The number of ether oxygens (including phenoxy) is 1. The predicted octanol–water partition coefficient (Wildman–Crippen LogP) is 5.30. The fraction of sp³-hybridized carbons (Fsp3) is 0.150. The summed E-state index contributed by atoms with van der Waals surface area (Å²) in [6.45, 7) is 3.77. The van der Waals surface area contributed by atoms with E-state index in [-0.39, 0.29) is 12.3 Å². The van der Waals surface area contributed by atoms with Crippen molar-refractivity contribution in [1.29, 1.82) is 0 Å². The highest BCUT2D eigenvalue weighted by Crippen LogP contribution is 2.41. The van der Waals surface area contributed by atoms with Crippen molar-refractivity contribution in [1.82, 2.24) is 4.57 Å². The van der Waals surface area contributed by atoms with E-state index in [1.54, 1.807) is 32.0 Å². The molecular formula is C20H17BrN2O4. The van der Waals surface area contributed by atoms with E-state index in [2.05, 4.69) is 15.9 Å². The quantitative estimate of drug-likeness (QED) is 0.313. The van der Waals surface area contributed by atoms with Crippen molar-refractivity contribution in [2.75, 3.05) is 6.61 Å². The van der Waals surface area contributed by atoms with Crippen LogP contribution in [0.2, 0.25) is 0 Å². The number of nitro benzene ring substituents is 1. The molecule has 1 heterocycles. The van der Waals surface area contributed by atoms with E-state index in [9.17, 15) is 14.9 Å². The number of nitro groups is 1. The van der Waals surface area contributed by atoms with Crippen LogP contribution in [0.3, 0.4) is 0 Å². The molecule has 2 aromatic carbocycles. The SMILES string of the molecule is CCOC(=O)c1c(Br)c(-c2ccccc2[N+](=O)[O-])n(-c2ccccc2)c1C. The smallest absolute Gasteiger partial charge is 0.341 e. The summed E-state index contributed by atoms with van der Waals surface area (Å²) in [5.41, 5.74) is 2.70. The molecule has 27 heavy (non-hydrogen) atoms. The Balaban J connectivity index is 2.39. The van der Waals surface area contributed by atoms with Gasteiger partial charge in [0.1, 0.15) is 0 Å². The van der Waals surface area contributed by atoms with Crippen molar-refractivity contribution in [3.05, 3.63) is 80.4 Å². The molecule has 7 heteroatoms. The van der Waals surface area contributed by atoms with Crippen molar-refractivity contribution in [2.24, 2.45) is 0 Å². The van der Waals surface area contributed by atoms with Gasteiger partial charge < -0.3 is 9.30 Å². The summed E-state index contributed by atoms with van der Waals surface area (Å²) in [6.07, 6.45) is 0. The molecule has 0 saturated heterocycles. The van der Waals surface area contributed by atoms with E-state index in [0.717, 1.165) is 5.69 Å². The summed E-state index contributed by atoms with van der Waals surface area (Å²) < 4.78 is 7.49. The van der Waals surface area contributed by atoms with Crippen LogP contribution in [0.15, 0.2) is 59.1 Å². The normalized spacial score (nSPS) is 10.6. The third kappa shape index (κ3) is 3.38. The first-order valence-electron chi connectivity index (χ1n) is 8.34. The maximum absolute atomic E-state index is 12.5. The van der Waals surface area contributed by atoms with E-state index in [4.69, 9.17) is 4.74 Å². The number of aromatic nitrogens is 1. The van der Waals surface area contributed by atoms with Crippen LogP contribution >= 0.6 is 15.9 Å². The highest BCUT2D eigenvalue weighted by molar-refractivity contribution is 9.10. The van der Waals surface area contributed by atoms with Gasteiger partial charge in [-0.2, -0.15) is 0 Å². The van der Waals surface area contributed by atoms with Crippen LogP contribution in [-0.4, -0.2) is 22.1 Å². The van der Waals surface area contributed by atoms with E-state index < -0.39 is 10.9 Å². The third-order valence-electron chi connectivity index (χ3n) is 4.20. The number of para-hydroxylation sites is 2. The van der Waals surface area contributed by atoms with Crippen molar-refractivity contribution >= 4 is 27.6 Å². The minimum atomic E-state index is -0.476. The molecule has 0 bridgehead atoms. The van der Waals surface area contributed by atoms with Crippen LogP contribution in [-0.2, 0) is 4.74 Å². The molecule has 0 unspecified atom stereocenters. The van der Waals surface area contributed by atoms with Gasteiger partial charge in [0.15, 0.2) is 0 Å². The van der Waals surface area contributed by atoms with E-state index in [1.807, 2.05) is 34.9 Å². The van der Waals surface area contributed by atoms with Crippen LogP contribution in [0, 0.1) is 17.0 Å². The Morgan fingerprint density at radius 1 is 1.15 bits per heavy atom. The first-order chi connectivity index (χ1) is 13.0. The average molecular weight is 429 g/mol. The van der Waals surface area contributed by atoms with Crippen LogP contribution in [0.5, 0.6) is 0 Å². The van der Waals surface area contributed by atoms with Gasteiger partial charge in [0.05, 0.1) is 32.8 Å². The molecule has 0 aliphatic heterocycles. The van der Waals surface area contributed by atoms with Gasteiger partial charge in [0, 0.05) is 17.4 Å². The zero-order valence-corrected chi connectivity index (χ0v) is 16.4. The fourth-order valence-electron chi connectivity index (χ4n) is 3.07. The number of carbonyl (C=O) groups excluding carboxylic acids is 1. The van der Waals surface area contributed by atoms with Gasteiger partial charge >= 0.3 is 5.97 Å². The molecule has 0 amide bonds. The highest BCUT2D eigenvalue weighted by Gasteiger charge is 2.29. The third-order valence-corrected chi connectivity index (χ3v) is 4.97. The Bertz CT molecular complexity index is 1010. The molecule has 0 saturated carbocycles. The molecule has 0 radical (unpaired) electrons. The number of halogens is 1. The summed E-state index contributed by atoms with van der Waals surface area (Å²) in [6, 6.07) is 15.9. The molecule has 0 aliphatic rings. The molecule has 0 aliphatic carbocycles. The van der Waals surface area contributed by atoms with Gasteiger partial charge in [-0.25, -0.2) is 4.79 Å². The molecule has 0 atom stereocenters. The zero-order valence-electron chi connectivity index (χ0n) is 14.8. The van der Waals surface area contributed by atoms with Gasteiger partial charge in [0.2, 0.25) is 0 Å². The number of hydrogen-bond acceptors (Lipinski definition) is 4. The van der Waals surface area contributed by atoms with Crippen molar-refractivity contribution in [3.63, 3.8) is 0 Å². The van der Waals surface area contributed by atoms with E-state index in [0.29, 0.717) is 27.0 Å². The molecule has 1 aromatic heterocycles. The van der Waals surface area contributed by atoms with Crippen LogP contribution in [0.4, 0.5) is 5.69 Å². The molecular weight excluding hydrogens is 412 g/mol. The van der Waals surface area contributed by atoms with E-state index in [1.165, 1.54) is 6.07 Å². The molecule has 6 nitrogen and oxygen atoms in total. The Morgan fingerprint density at radius 3 is 2.41 bits per heavy atom. The lowest BCUT2D eigenvalue weighted by atomic mass is 10.1. The zero-order chi connectivity index (χ0) is 19.6. The van der Waals surface area contributed by atoms with E-state index >= 15 is 0 Å².